The normalized spacial score (nSPS) is 34.0. The molecule has 2 aliphatic rings. The molecule has 0 aromatic carbocycles. The Morgan fingerprint density at radius 2 is 1.80 bits per heavy atom. The highest BCUT2D eigenvalue weighted by molar-refractivity contribution is 4.95. The number of piperidine rings is 1. The molecule has 15 heavy (non-hydrogen) atoms. The van der Waals surface area contributed by atoms with E-state index in [4.69, 9.17) is 0 Å². The van der Waals surface area contributed by atoms with Crippen molar-refractivity contribution in [3.05, 3.63) is 0 Å². The molecule has 2 atom stereocenters. The average molecular weight is 210 g/mol. The first kappa shape index (κ1) is 11.4. The first-order chi connectivity index (χ1) is 7.09. The van der Waals surface area contributed by atoms with Gasteiger partial charge in [-0.3, -0.25) is 4.90 Å². The third-order valence-corrected chi connectivity index (χ3v) is 4.22. The van der Waals surface area contributed by atoms with Gasteiger partial charge in [-0.05, 0) is 59.5 Å². The highest BCUT2D eigenvalue weighted by atomic mass is 15.2. The van der Waals surface area contributed by atoms with Crippen molar-refractivity contribution >= 4 is 0 Å². The predicted molar refractivity (Wildman–Crippen MR) is 65.1 cm³/mol. The molecule has 0 amide bonds. The predicted octanol–water partition coefficient (Wildman–Crippen LogP) is 2.20. The van der Waals surface area contributed by atoms with Gasteiger partial charge in [-0.15, -0.1) is 0 Å². The fraction of sp³-hybridized carbons (Fsp3) is 1.00. The van der Waals surface area contributed by atoms with E-state index in [1.165, 1.54) is 32.2 Å². The Kier molecular flexibility index (Phi) is 3.36. The summed E-state index contributed by atoms with van der Waals surface area (Å²) in [6, 6.07) is 2.44. The number of hydrogen-bond acceptors (Lipinski definition) is 2. The number of nitrogens with zero attached hydrogens (tertiary/aromatic N) is 2. The van der Waals surface area contributed by atoms with Gasteiger partial charge < -0.3 is 4.90 Å². The van der Waals surface area contributed by atoms with Crippen molar-refractivity contribution in [1.82, 2.24) is 9.80 Å². The van der Waals surface area contributed by atoms with Crippen LogP contribution < -0.4 is 0 Å². The van der Waals surface area contributed by atoms with E-state index in [1.54, 1.807) is 0 Å². The quantitative estimate of drug-likeness (QED) is 0.704. The van der Waals surface area contributed by atoms with E-state index in [9.17, 15) is 0 Å². The Hall–Kier alpha value is -0.0800. The molecule has 2 nitrogen and oxygen atoms in total. The van der Waals surface area contributed by atoms with E-state index in [0.717, 1.165) is 24.0 Å². The maximum Gasteiger partial charge on any atom is 0.0141 e. The lowest BCUT2D eigenvalue weighted by atomic mass is 9.92. The molecule has 0 aromatic rings. The van der Waals surface area contributed by atoms with Crippen molar-refractivity contribution in [3.8, 4) is 0 Å². The van der Waals surface area contributed by atoms with Crippen LogP contribution in [0.2, 0.25) is 0 Å². The van der Waals surface area contributed by atoms with E-state index in [0.29, 0.717) is 0 Å². The molecule has 0 aromatic heterocycles. The summed E-state index contributed by atoms with van der Waals surface area (Å²) < 4.78 is 0. The van der Waals surface area contributed by atoms with Crippen LogP contribution in [0.1, 0.15) is 39.5 Å². The second-order valence-corrected chi connectivity index (χ2v) is 5.88. The van der Waals surface area contributed by atoms with Crippen molar-refractivity contribution < 1.29 is 0 Å². The maximum atomic E-state index is 2.75. The smallest absolute Gasteiger partial charge is 0.0141 e. The molecule has 1 aliphatic carbocycles. The highest BCUT2D eigenvalue weighted by Gasteiger charge is 2.40. The Balaban J connectivity index is 1.99. The number of hydrogen-bond donors (Lipinski definition) is 0. The van der Waals surface area contributed by atoms with Gasteiger partial charge in [0.1, 0.15) is 0 Å². The fourth-order valence-corrected chi connectivity index (χ4v) is 3.05. The van der Waals surface area contributed by atoms with Crippen molar-refractivity contribution in [3.63, 3.8) is 0 Å². The number of likely N-dealkylation sites (tertiary alicyclic amines) is 1. The molecule has 0 radical (unpaired) electrons. The summed E-state index contributed by atoms with van der Waals surface area (Å²) in [5, 5.41) is 0. The zero-order valence-electron chi connectivity index (χ0n) is 10.7. The molecule has 0 N–H and O–H groups in total. The van der Waals surface area contributed by atoms with E-state index in [1.807, 2.05) is 0 Å². The molecule has 1 unspecified atom stereocenters. The summed E-state index contributed by atoms with van der Waals surface area (Å²) in [6.45, 7) is 6.01. The summed E-state index contributed by atoms with van der Waals surface area (Å²) in [5.74, 6) is 1.02. The van der Waals surface area contributed by atoms with E-state index >= 15 is 0 Å². The van der Waals surface area contributed by atoms with Crippen LogP contribution in [-0.2, 0) is 0 Å². The van der Waals surface area contributed by atoms with Gasteiger partial charge in [-0.25, -0.2) is 0 Å². The summed E-state index contributed by atoms with van der Waals surface area (Å²) >= 11 is 0. The minimum Gasteiger partial charge on any atom is -0.306 e. The second kappa shape index (κ2) is 4.42. The Labute approximate surface area is 94.6 Å². The average Bonchev–Trinajstić information content (AvgIpc) is 2.99. The number of rotatable bonds is 3. The summed E-state index contributed by atoms with van der Waals surface area (Å²) in [6.07, 6.45) is 5.71. The lowest BCUT2D eigenvalue weighted by Gasteiger charge is -2.44. The van der Waals surface area contributed by atoms with Gasteiger partial charge >= 0.3 is 0 Å². The first-order valence-electron chi connectivity index (χ1n) is 6.51. The topological polar surface area (TPSA) is 6.48 Å². The fourth-order valence-electron chi connectivity index (χ4n) is 3.05. The minimum atomic E-state index is 0.735. The lowest BCUT2D eigenvalue weighted by Crippen LogP contribution is -2.51. The van der Waals surface area contributed by atoms with Crippen LogP contribution in [0.5, 0.6) is 0 Å². The molecule has 1 saturated heterocycles. The van der Waals surface area contributed by atoms with Gasteiger partial charge in [0.25, 0.3) is 0 Å². The summed E-state index contributed by atoms with van der Waals surface area (Å²) in [7, 11) is 4.47. The van der Waals surface area contributed by atoms with Gasteiger partial charge in [0.2, 0.25) is 0 Å². The Morgan fingerprint density at radius 1 is 1.13 bits per heavy atom. The van der Waals surface area contributed by atoms with Crippen molar-refractivity contribution in [2.75, 3.05) is 20.6 Å². The minimum absolute atomic E-state index is 0.735. The third kappa shape index (κ3) is 2.54. The lowest BCUT2D eigenvalue weighted by molar-refractivity contribution is 0.0525. The molecule has 1 saturated carbocycles. The van der Waals surface area contributed by atoms with Crippen molar-refractivity contribution in [2.45, 2.75) is 57.7 Å². The van der Waals surface area contributed by atoms with Crippen LogP contribution >= 0.6 is 0 Å². The zero-order valence-corrected chi connectivity index (χ0v) is 10.7. The van der Waals surface area contributed by atoms with Gasteiger partial charge in [-0.1, -0.05) is 0 Å². The van der Waals surface area contributed by atoms with E-state index < -0.39 is 0 Å². The van der Waals surface area contributed by atoms with E-state index in [-0.39, 0.29) is 0 Å². The van der Waals surface area contributed by atoms with Crippen molar-refractivity contribution in [2.24, 2.45) is 5.92 Å². The largest absolute Gasteiger partial charge is 0.306 e. The second-order valence-electron chi connectivity index (χ2n) is 5.88. The van der Waals surface area contributed by atoms with Crippen molar-refractivity contribution in [1.29, 1.82) is 0 Å². The molecule has 0 spiro atoms. The highest BCUT2D eigenvalue weighted by Crippen LogP contribution is 2.40. The zero-order chi connectivity index (χ0) is 11.0. The van der Waals surface area contributed by atoms with Crippen LogP contribution in [0.25, 0.3) is 0 Å². The standard InChI is InChI=1S/C13H26N2/c1-10(2)15-8-7-12(14(3)4)9-13(15)11-5-6-11/h10-13H,5-9H2,1-4H3/t12-,13?/m0/s1. The maximum absolute atomic E-state index is 2.75. The van der Waals surface area contributed by atoms with Gasteiger partial charge in [0.05, 0.1) is 0 Å². The van der Waals surface area contributed by atoms with Crippen LogP contribution in [0, 0.1) is 5.92 Å². The van der Waals surface area contributed by atoms with Crippen LogP contribution in [0.3, 0.4) is 0 Å². The summed E-state index contributed by atoms with van der Waals surface area (Å²) in [4.78, 5) is 5.17. The molecular formula is C13H26N2. The molecule has 2 heteroatoms. The molecule has 2 rings (SSSR count). The van der Waals surface area contributed by atoms with E-state index in [2.05, 4.69) is 37.7 Å². The van der Waals surface area contributed by atoms with Gasteiger partial charge in [0.15, 0.2) is 0 Å². The SMILES string of the molecule is CC(C)N1CC[C@H](N(C)C)CC1C1CC1. The molecular weight excluding hydrogens is 184 g/mol. The molecule has 0 bridgehead atoms. The molecule has 1 aliphatic heterocycles. The Morgan fingerprint density at radius 3 is 2.27 bits per heavy atom. The first-order valence-corrected chi connectivity index (χ1v) is 6.51. The van der Waals surface area contributed by atoms with Crippen LogP contribution in [0.15, 0.2) is 0 Å². The molecule has 88 valence electrons. The monoisotopic (exact) mass is 210 g/mol. The van der Waals surface area contributed by atoms with Gasteiger partial charge in [-0.2, -0.15) is 0 Å². The molecule has 2 fully saturated rings. The van der Waals surface area contributed by atoms with Gasteiger partial charge in [0, 0.05) is 24.7 Å². The Bertz CT molecular complexity index is 209. The summed E-state index contributed by atoms with van der Waals surface area (Å²) in [5.41, 5.74) is 0. The van der Waals surface area contributed by atoms with Crippen LogP contribution in [0.4, 0.5) is 0 Å². The molecule has 1 heterocycles. The van der Waals surface area contributed by atoms with Crippen LogP contribution in [-0.4, -0.2) is 48.6 Å². The third-order valence-electron chi connectivity index (χ3n) is 4.22.